The minimum atomic E-state index is -4.14. The van der Waals surface area contributed by atoms with Gasteiger partial charge >= 0.3 is 10.1 Å². The van der Waals surface area contributed by atoms with Crippen molar-refractivity contribution in [3.05, 3.63) is 65.7 Å². The van der Waals surface area contributed by atoms with E-state index >= 15 is 0 Å². The zero-order valence-electron chi connectivity index (χ0n) is 9.62. The zero-order valence-corrected chi connectivity index (χ0v) is 11.2. The van der Waals surface area contributed by atoms with Gasteiger partial charge in [0.2, 0.25) is 0 Å². The SMILES string of the molecule is O=C(c1ccccc1)c1ccccc1S(=O)(=O)OCl. The van der Waals surface area contributed by atoms with Gasteiger partial charge in [-0.05, 0) is 12.1 Å². The molecule has 0 aromatic heterocycles. The van der Waals surface area contributed by atoms with Crippen LogP contribution in [0.5, 0.6) is 0 Å². The quantitative estimate of drug-likeness (QED) is 0.814. The lowest BCUT2D eigenvalue weighted by Gasteiger charge is -2.06. The van der Waals surface area contributed by atoms with E-state index in [1.807, 2.05) is 0 Å². The lowest BCUT2D eigenvalue weighted by Crippen LogP contribution is -2.10. The van der Waals surface area contributed by atoms with Crippen molar-refractivity contribution in [2.45, 2.75) is 4.90 Å². The van der Waals surface area contributed by atoms with Crippen molar-refractivity contribution < 1.29 is 16.9 Å². The highest BCUT2D eigenvalue weighted by Gasteiger charge is 2.23. The molecule has 0 N–H and O–H groups in total. The molecule has 0 amide bonds. The van der Waals surface area contributed by atoms with Gasteiger partial charge in [0.05, 0.1) is 11.9 Å². The Labute approximate surface area is 115 Å². The molecule has 0 spiro atoms. The average Bonchev–Trinajstić information content (AvgIpc) is 2.47. The van der Waals surface area contributed by atoms with Crippen molar-refractivity contribution in [1.82, 2.24) is 0 Å². The lowest BCUT2D eigenvalue weighted by atomic mass is 10.0. The smallest absolute Gasteiger partial charge is 0.289 e. The number of halogens is 1. The van der Waals surface area contributed by atoms with E-state index in [1.165, 1.54) is 18.2 Å². The van der Waals surface area contributed by atoms with E-state index in [1.54, 1.807) is 36.4 Å². The maximum absolute atomic E-state index is 12.3. The Morgan fingerprint density at radius 2 is 1.53 bits per heavy atom. The van der Waals surface area contributed by atoms with Crippen LogP contribution in [0.4, 0.5) is 0 Å². The Kier molecular flexibility index (Phi) is 3.99. The fourth-order valence-electron chi connectivity index (χ4n) is 1.65. The third-order valence-electron chi connectivity index (χ3n) is 2.52. The van der Waals surface area contributed by atoms with Crippen LogP contribution < -0.4 is 0 Å². The molecule has 19 heavy (non-hydrogen) atoms. The number of hydrogen-bond acceptors (Lipinski definition) is 4. The van der Waals surface area contributed by atoms with E-state index < -0.39 is 15.9 Å². The Bertz CT molecular complexity index is 696. The molecule has 0 unspecified atom stereocenters. The van der Waals surface area contributed by atoms with E-state index in [2.05, 4.69) is 3.74 Å². The monoisotopic (exact) mass is 296 g/mol. The molecule has 2 rings (SSSR count). The highest BCUT2D eigenvalue weighted by atomic mass is 35.5. The Morgan fingerprint density at radius 1 is 0.947 bits per heavy atom. The largest absolute Gasteiger partial charge is 0.313 e. The van der Waals surface area contributed by atoms with Gasteiger partial charge in [0.15, 0.2) is 5.78 Å². The summed E-state index contributed by atoms with van der Waals surface area (Å²) < 4.78 is 27.2. The second kappa shape index (κ2) is 5.52. The number of ketones is 1. The Hall–Kier alpha value is -1.69. The topological polar surface area (TPSA) is 60.4 Å². The van der Waals surface area contributed by atoms with Crippen LogP contribution in [-0.4, -0.2) is 14.2 Å². The first-order chi connectivity index (χ1) is 9.06. The summed E-state index contributed by atoms with van der Waals surface area (Å²) in [5.74, 6) is -0.409. The van der Waals surface area contributed by atoms with Crippen LogP contribution in [-0.2, 0) is 13.9 Å². The second-order valence-corrected chi connectivity index (χ2v) is 5.56. The maximum atomic E-state index is 12.3. The highest BCUT2D eigenvalue weighted by molar-refractivity contribution is 7.87. The van der Waals surface area contributed by atoms with Gasteiger partial charge in [0, 0.05) is 11.1 Å². The van der Waals surface area contributed by atoms with E-state index in [4.69, 9.17) is 11.9 Å². The molecular formula is C13H9ClO4S. The maximum Gasteiger partial charge on any atom is 0.313 e. The third-order valence-corrected chi connectivity index (χ3v) is 4.08. The summed E-state index contributed by atoms with van der Waals surface area (Å²) in [6.45, 7) is 0. The van der Waals surface area contributed by atoms with E-state index in [-0.39, 0.29) is 10.5 Å². The van der Waals surface area contributed by atoms with Crippen LogP contribution in [0.25, 0.3) is 0 Å². The van der Waals surface area contributed by atoms with Gasteiger partial charge in [0.1, 0.15) is 4.90 Å². The van der Waals surface area contributed by atoms with Crippen LogP contribution in [0.1, 0.15) is 15.9 Å². The van der Waals surface area contributed by atoms with Gasteiger partial charge in [-0.2, -0.15) is 12.2 Å². The van der Waals surface area contributed by atoms with E-state index in [0.717, 1.165) is 0 Å². The van der Waals surface area contributed by atoms with E-state index in [9.17, 15) is 13.2 Å². The third kappa shape index (κ3) is 2.84. The molecular weight excluding hydrogens is 288 g/mol. The fourth-order valence-corrected chi connectivity index (χ4v) is 2.60. The van der Waals surface area contributed by atoms with Crippen molar-refractivity contribution in [3.8, 4) is 0 Å². The number of carbonyl (C=O) groups excluding carboxylic acids is 1. The van der Waals surface area contributed by atoms with Gasteiger partial charge in [-0.25, -0.2) is 0 Å². The van der Waals surface area contributed by atoms with Crippen LogP contribution in [0.15, 0.2) is 59.5 Å². The standard InChI is InChI=1S/C13H9ClO4S/c14-18-19(16,17)12-9-5-4-8-11(12)13(15)10-6-2-1-3-7-10/h1-9H. The molecule has 0 fully saturated rings. The second-order valence-electron chi connectivity index (χ2n) is 3.71. The van der Waals surface area contributed by atoms with Gasteiger partial charge in [-0.15, -0.1) is 0 Å². The summed E-state index contributed by atoms with van der Waals surface area (Å²) in [6, 6.07) is 14.1. The summed E-state index contributed by atoms with van der Waals surface area (Å²) in [5.41, 5.74) is 0.411. The summed E-state index contributed by atoms with van der Waals surface area (Å²) >= 11 is 4.95. The predicted octanol–water partition coefficient (Wildman–Crippen LogP) is 2.78. The molecule has 98 valence electrons. The molecule has 2 aromatic rings. The van der Waals surface area contributed by atoms with Gasteiger partial charge in [-0.3, -0.25) is 4.79 Å². The van der Waals surface area contributed by atoms with Gasteiger partial charge in [0.25, 0.3) is 0 Å². The first-order valence-corrected chi connectivity index (χ1v) is 7.02. The molecule has 2 aromatic carbocycles. The normalized spacial score (nSPS) is 11.2. The number of rotatable bonds is 4. The molecule has 4 nitrogen and oxygen atoms in total. The van der Waals surface area contributed by atoms with Crippen molar-refractivity contribution in [1.29, 1.82) is 0 Å². The summed E-state index contributed by atoms with van der Waals surface area (Å²) in [5, 5.41) is 0. The molecule has 0 radical (unpaired) electrons. The zero-order chi connectivity index (χ0) is 13.9. The first kappa shape index (κ1) is 13.7. The minimum Gasteiger partial charge on any atom is -0.289 e. The molecule has 0 aliphatic heterocycles. The highest BCUT2D eigenvalue weighted by Crippen LogP contribution is 2.21. The van der Waals surface area contributed by atoms with Crippen molar-refractivity contribution in [2.75, 3.05) is 0 Å². The summed E-state index contributed by atoms with van der Waals surface area (Å²) in [4.78, 5) is 12.0. The fraction of sp³-hybridized carbons (Fsp3) is 0. The van der Waals surface area contributed by atoms with Crippen LogP contribution >= 0.6 is 11.9 Å². The van der Waals surface area contributed by atoms with Crippen molar-refractivity contribution >= 4 is 27.8 Å². The molecule has 0 heterocycles. The van der Waals surface area contributed by atoms with Gasteiger partial charge < -0.3 is 0 Å². The van der Waals surface area contributed by atoms with Gasteiger partial charge in [-0.1, -0.05) is 42.5 Å². The molecule has 0 aliphatic carbocycles. The lowest BCUT2D eigenvalue weighted by molar-refractivity contribution is 0.103. The Morgan fingerprint density at radius 3 is 2.16 bits per heavy atom. The molecule has 0 aliphatic rings. The van der Waals surface area contributed by atoms with Crippen LogP contribution in [0, 0.1) is 0 Å². The minimum absolute atomic E-state index is 0.0225. The van der Waals surface area contributed by atoms with Crippen LogP contribution in [0.3, 0.4) is 0 Å². The summed E-state index contributed by atoms with van der Waals surface area (Å²) in [7, 11) is -4.14. The van der Waals surface area contributed by atoms with Crippen molar-refractivity contribution in [2.24, 2.45) is 0 Å². The number of carbonyl (C=O) groups is 1. The van der Waals surface area contributed by atoms with Crippen LogP contribution in [0.2, 0.25) is 0 Å². The molecule has 0 atom stereocenters. The first-order valence-electron chi connectivity index (χ1n) is 5.30. The summed E-state index contributed by atoms with van der Waals surface area (Å²) in [6.07, 6.45) is 0. The average molecular weight is 297 g/mol. The predicted molar refractivity (Wildman–Crippen MR) is 70.4 cm³/mol. The molecule has 0 bridgehead atoms. The molecule has 0 saturated heterocycles. The number of hydrogen-bond donors (Lipinski definition) is 0. The molecule has 0 saturated carbocycles. The number of benzene rings is 2. The van der Waals surface area contributed by atoms with Crippen molar-refractivity contribution in [3.63, 3.8) is 0 Å². The molecule has 6 heteroatoms. The van der Waals surface area contributed by atoms with E-state index in [0.29, 0.717) is 5.56 Å². The Balaban J connectivity index is 2.56.